The first-order valence-corrected chi connectivity index (χ1v) is 6.06. The summed E-state index contributed by atoms with van der Waals surface area (Å²) in [6.07, 6.45) is 0. The van der Waals surface area contributed by atoms with Gasteiger partial charge >= 0.3 is 0 Å². The number of hydrogen-bond acceptors (Lipinski definition) is 3. The molecule has 0 saturated carbocycles. The Morgan fingerprint density at radius 3 is 2.11 bits per heavy atom. The highest BCUT2D eigenvalue weighted by Crippen LogP contribution is 2.18. The highest BCUT2D eigenvalue weighted by Gasteiger charge is 2.20. The van der Waals surface area contributed by atoms with Gasteiger partial charge in [-0.15, -0.1) is 0 Å². The number of ketones is 1. The largest absolute Gasteiger partial charge is 0.354 e. The SMILES string of the molecule is CC(=O)c1c(C)[nH]c(C(=O)NNC(=O)C(C)C)c1C. The molecular weight excluding hydrogens is 246 g/mol. The van der Waals surface area contributed by atoms with Gasteiger partial charge in [-0.2, -0.15) is 0 Å². The first-order chi connectivity index (χ1) is 8.75. The molecule has 104 valence electrons. The minimum absolute atomic E-state index is 0.100. The lowest BCUT2D eigenvalue weighted by Crippen LogP contribution is -2.43. The molecule has 0 unspecified atom stereocenters. The van der Waals surface area contributed by atoms with E-state index in [2.05, 4.69) is 15.8 Å². The molecule has 0 radical (unpaired) electrons. The molecule has 0 bridgehead atoms. The van der Waals surface area contributed by atoms with Gasteiger partial charge in [-0.25, -0.2) is 0 Å². The average Bonchev–Trinajstić information content (AvgIpc) is 2.60. The summed E-state index contributed by atoms with van der Waals surface area (Å²) in [6.45, 7) is 8.32. The third kappa shape index (κ3) is 3.21. The summed E-state index contributed by atoms with van der Waals surface area (Å²) < 4.78 is 0. The third-order valence-electron chi connectivity index (χ3n) is 2.84. The van der Waals surface area contributed by atoms with E-state index in [-0.39, 0.29) is 23.3 Å². The molecular formula is C13H19N3O3. The Hall–Kier alpha value is -2.11. The molecule has 0 fully saturated rings. The van der Waals surface area contributed by atoms with Gasteiger partial charge in [0.15, 0.2) is 5.78 Å². The molecule has 0 aliphatic rings. The molecule has 0 atom stereocenters. The van der Waals surface area contributed by atoms with Crippen LogP contribution in [0, 0.1) is 19.8 Å². The average molecular weight is 265 g/mol. The van der Waals surface area contributed by atoms with Crippen LogP contribution in [0.25, 0.3) is 0 Å². The topological polar surface area (TPSA) is 91.1 Å². The molecule has 0 spiro atoms. The van der Waals surface area contributed by atoms with Crippen molar-refractivity contribution in [1.29, 1.82) is 0 Å². The van der Waals surface area contributed by atoms with Crippen molar-refractivity contribution in [3.8, 4) is 0 Å². The van der Waals surface area contributed by atoms with E-state index in [9.17, 15) is 14.4 Å². The molecule has 19 heavy (non-hydrogen) atoms. The maximum absolute atomic E-state index is 11.9. The maximum Gasteiger partial charge on any atom is 0.286 e. The van der Waals surface area contributed by atoms with Crippen molar-refractivity contribution < 1.29 is 14.4 Å². The van der Waals surface area contributed by atoms with Gasteiger partial charge < -0.3 is 4.98 Å². The second-order valence-corrected chi connectivity index (χ2v) is 4.78. The van der Waals surface area contributed by atoms with Crippen molar-refractivity contribution in [3.63, 3.8) is 0 Å². The lowest BCUT2D eigenvalue weighted by atomic mass is 10.1. The molecule has 1 aromatic rings. The minimum Gasteiger partial charge on any atom is -0.354 e. The number of amides is 2. The summed E-state index contributed by atoms with van der Waals surface area (Å²) in [7, 11) is 0. The van der Waals surface area contributed by atoms with Crippen LogP contribution in [0.15, 0.2) is 0 Å². The number of carbonyl (C=O) groups excluding carboxylic acids is 3. The van der Waals surface area contributed by atoms with Crippen LogP contribution < -0.4 is 10.9 Å². The van der Waals surface area contributed by atoms with E-state index in [1.54, 1.807) is 27.7 Å². The van der Waals surface area contributed by atoms with Crippen LogP contribution in [-0.4, -0.2) is 22.6 Å². The standard InChI is InChI=1S/C13H19N3O3/c1-6(2)12(18)15-16-13(19)11-7(3)10(9(5)17)8(4)14-11/h6,14H,1-5H3,(H,15,18)(H,16,19). The van der Waals surface area contributed by atoms with E-state index < -0.39 is 5.91 Å². The molecule has 0 saturated heterocycles. The number of nitrogens with one attached hydrogen (secondary N) is 3. The number of aryl methyl sites for hydroxylation is 1. The Balaban J connectivity index is 2.87. The normalized spacial score (nSPS) is 10.4. The summed E-state index contributed by atoms with van der Waals surface area (Å²) >= 11 is 0. The van der Waals surface area contributed by atoms with Gasteiger partial charge in [0.1, 0.15) is 5.69 Å². The second-order valence-electron chi connectivity index (χ2n) is 4.78. The molecule has 6 nitrogen and oxygen atoms in total. The van der Waals surface area contributed by atoms with E-state index in [0.29, 0.717) is 16.8 Å². The molecule has 1 rings (SSSR count). The Kier molecular flexibility index (Phi) is 4.47. The fraction of sp³-hybridized carbons (Fsp3) is 0.462. The van der Waals surface area contributed by atoms with Gasteiger partial charge in [-0.3, -0.25) is 25.2 Å². The predicted molar refractivity (Wildman–Crippen MR) is 70.7 cm³/mol. The number of aromatic nitrogens is 1. The van der Waals surface area contributed by atoms with Crippen LogP contribution in [0.4, 0.5) is 0 Å². The number of Topliss-reactive ketones (excluding diaryl/α,β-unsaturated/α-hetero) is 1. The van der Waals surface area contributed by atoms with Gasteiger partial charge in [-0.1, -0.05) is 13.8 Å². The van der Waals surface area contributed by atoms with Gasteiger partial charge in [0, 0.05) is 17.2 Å². The first-order valence-electron chi connectivity index (χ1n) is 6.06. The number of carbonyl (C=O) groups is 3. The fourth-order valence-corrected chi connectivity index (χ4v) is 1.83. The van der Waals surface area contributed by atoms with Crippen LogP contribution in [0.5, 0.6) is 0 Å². The summed E-state index contributed by atoms with van der Waals surface area (Å²) in [4.78, 5) is 37.6. The first kappa shape index (κ1) is 14.9. The van der Waals surface area contributed by atoms with E-state index in [1.165, 1.54) is 6.92 Å². The van der Waals surface area contributed by atoms with Crippen molar-refractivity contribution in [2.45, 2.75) is 34.6 Å². The van der Waals surface area contributed by atoms with Crippen molar-refractivity contribution in [3.05, 3.63) is 22.5 Å². The smallest absolute Gasteiger partial charge is 0.286 e. The monoisotopic (exact) mass is 265 g/mol. The Morgan fingerprint density at radius 2 is 1.68 bits per heavy atom. The zero-order chi connectivity index (χ0) is 14.7. The van der Waals surface area contributed by atoms with Gasteiger partial charge in [0.2, 0.25) is 5.91 Å². The Bertz CT molecular complexity index is 529. The van der Waals surface area contributed by atoms with E-state index in [0.717, 1.165) is 0 Å². The molecule has 6 heteroatoms. The molecule has 0 aromatic carbocycles. The van der Waals surface area contributed by atoms with Gasteiger partial charge in [-0.05, 0) is 26.3 Å². The second kappa shape index (κ2) is 5.69. The highest BCUT2D eigenvalue weighted by molar-refractivity contribution is 6.02. The van der Waals surface area contributed by atoms with Crippen molar-refractivity contribution in [2.24, 2.45) is 5.92 Å². The van der Waals surface area contributed by atoms with Crippen molar-refractivity contribution in [2.75, 3.05) is 0 Å². The lowest BCUT2D eigenvalue weighted by molar-refractivity contribution is -0.124. The minimum atomic E-state index is -0.470. The molecule has 0 aliphatic heterocycles. The Morgan fingerprint density at radius 1 is 1.11 bits per heavy atom. The summed E-state index contributed by atoms with van der Waals surface area (Å²) in [5.74, 6) is -1.07. The van der Waals surface area contributed by atoms with Crippen LogP contribution in [0.2, 0.25) is 0 Å². The van der Waals surface area contributed by atoms with Crippen LogP contribution >= 0.6 is 0 Å². The summed E-state index contributed by atoms with van der Waals surface area (Å²) in [5.41, 5.74) is 6.67. The molecule has 2 amide bonds. The van der Waals surface area contributed by atoms with Gasteiger partial charge in [0.25, 0.3) is 5.91 Å². The number of hydrogen-bond donors (Lipinski definition) is 3. The third-order valence-corrected chi connectivity index (χ3v) is 2.84. The molecule has 1 aromatic heterocycles. The number of aromatic amines is 1. The van der Waals surface area contributed by atoms with Crippen molar-refractivity contribution >= 4 is 17.6 Å². The van der Waals surface area contributed by atoms with Crippen LogP contribution in [0.1, 0.15) is 52.9 Å². The zero-order valence-electron chi connectivity index (χ0n) is 11.8. The Labute approximate surface area is 111 Å². The summed E-state index contributed by atoms with van der Waals surface area (Å²) in [5, 5.41) is 0. The molecule has 0 aliphatic carbocycles. The number of hydrazine groups is 1. The van der Waals surface area contributed by atoms with E-state index in [4.69, 9.17) is 0 Å². The van der Waals surface area contributed by atoms with E-state index in [1.807, 2.05) is 0 Å². The highest BCUT2D eigenvalue weighted by atomic mass is 16.2. The van der Waals surface area contributed by atoms with Crippen LogP contribution in [-0.2, 0) is 4.79 Å². The predicted octanol–water partition coefficient (Wildman–Crippen LogP) is 1.25. The molecule has 3 N–H and O–H groups in total. The quantitative estimate of drug-likeness (QED) is 0.567. The fourth-order valence-electron chi connectivity index (χ4n) is 1.83. The lowest BCUT2D eigenvalue weighted by Gasteiger charge is -2.08. The zero-order valence-corrected chi connectivity index (χ0v) is 11.8. The number of rotatable bonds is 3. The maximum atomic E-state index is 11.9. The summed E-state index contributed by atoms with van der Waals surface area (Å²) in [6, 6.07) is 0. The van der Waals surface area contributed by atoms with E-state index >= 15 is 0 Å². The number of H-pyrrole nitrogens is 1. The molecule has 1 heterocycles. The van der Waals surface area contributed by atoms with Gasteiger partial charge in [0.05, 0.1) is 0 Å². The van der Waals surface area contributed by atoms with Crippen LogP contribution in [0.3, 0.4) is 0 Å². The van der Waals surface area contributed by atoms with Crippen molar-refractivity contribution in [1.82, 2.24) is 15.8 Å².